The Bertz CT molecular complexity index is 744. The molecule has 0 bridgehead atoms. The van der Waals surface area contributed by atoms with E-state index in [2.05, 4.69) is 0 Å². The largest absolute Gasteiger partial charge is 0.481 e. The van der Waals surface area contributed by atoms with Crippen LogP contribution < -0.4 is 0 Å². The first-order chi connectivity index (χ1) is 12.2. The van der Waals surface area contributed by atoms with Crippen LogP contribution in [0, 0.1) is 0 Å². The van der Waals surface area contributed by atoms with Gasteiger partial charge in [0.1, 0.15) is 0 Å². The van der Waals surface area contributed by atoms with Crippen LogP contribution in [0.5, 0.6) is 0 Å². The predicted molar refractivity (Wildman–Crippen MR) is 93.1 cm³/mol. The number of aliphatic hydroxyl groups is 1. The van der Waals surface area contributed by atoms with E-state index in [4.69, 9.17) is 32.0 Å². The van der Waals surface area contributed by atoms with E-state index in [1.807, 2.05) is 0 Å². The van der Waals surface area contributed by atoms with Gasteiger partial charge in [0, 0.05) is 5.02 Å². The van der Waals surface area contributed by atoms with Gasteiger partial charge in [0.15, 0.2) is 6.10 Å². The summed E-state index contributed by atoms with van der Waals surface area (Å²) in [6.45, 7) is 0. The predicted octanol–water partition coefficient (Wildman–Crippen LogP) is 2.79. The number of rotatable bonds is 6. The monoisotopic (exact) mass is 380 g/mol. The van der Waals surface area contributed by atoms with Gasteiger partial charge in [-0.25, -0.2) is 4.79 Å². The Morgan fingerprint density at radius 1 is 0.808 bits per heavy atom. The number of aliphatic hydroxyl groups excluding tert-OH is 1. The Hall–Kier alpha value is -2.90. The minimum atomic E-state index is -1.47. The first-order valence-electron chi connectivity index (χ1n) is 7.38. The molecule has 0 heterocycles. The Kier molecular flexibility index (Phi) is 8.27. The van der Waals surface area contributed by atoms with Crippen molar-refractivity contribution in [3.8, 4) is 0 Å². The number of hydrogen-bond acceptors (Lipinski definition) is 4. The van der Waals surface area contributed by atoms with E-state index in [0.29, 0.717) is 16.1 Å². The number of hydrogen-bond donors (Lipinski definition) is 4. The highest BCUT2D eigenvalue weighted by molar-refractivity contribution is 6.30. The van der Waals surface area contributed by atoms with Gasteiger partial charge in [0.25, 0.3) is 0 Å². The van der Waals surface area contributed by atoms with Crippen molar-refractivity contribution in [3.05, 3.63) is 70.7 Å². The van der Waals surface area contributed by atoms with Crippen LogP contribution in [-0.4, -0.2) is 38.3 Å². The Balaban J connectivity index is 0.000000263. The average Bonchev–Trinajstić information content (AvgIpc) is 2.60. The highest BCUT2D eigenvalue weighted by atomic mass is 35.5. The summed E-state index contributed by atoms with van der Waals surface area (Å²) in [4.78, 5) is 31.5. The molecule has 7 nitrogen and oxygen atoms in total. The fourth-order valence-corrected chi connectivity index (χ4v) is 2.12. The number of carboxylic acid groups (broad SMARTS) is 3. The molecule has 2 rings (SSSR count). The van der Waals surface area contributed by atoms with Gasteiger partial charge in [0.05, 0.1) is 12.3 Å². The van der Waals surface area contributed by atoms with Gasteiger partial charge in [-0.3, -0.25) is 9.59 Å². The van der Waals surface area contributed by atoms with Gasteiger partial charge in [0.2, 0.25) is 0 Å². The maximum Gasteiger partial charge on any atom is 0.337 e. The highest BCUT2D eigenvalue weighted by Crippen LogP contribution is 2.19. The van der Waals surface area contributed by atoms with Crippen molar-refractivity contribution in [2.75, 3.05) is 0 Å². The molecule has 0 aliphatic heterocycles. The number of aliphatic carboxylic acids is 3. The summed E-state index contributed by atoms with van der Waals surface area (Å²) in [6.07, 6.45) is -1.86. The van der Waals surface area contributed by atoms with Crippen LogP contribution >= 0.6 is 11.6 Å². The maximum absolute atomic E-state index is 10.8. The van der Waals surface area contributed by atoms with E-state index in [1.165, 1.54) is 24.3 Å². The topological polar surface area (TPSA) is 132 Å². The van der Waals surface area contributed by atoms with Crippen molar-refractivity contribution in [1.82, 2.24) is 0 Å². The Morgan fingerprint density at radius 2 is 1.35 bits per heavy atom. The quantitative estimate of drug-likeness (QED) is 0.605. The maximum atomic E-state index is 10.8. The molecule has 4 N–H and O–H groups in total. The minimum Gasteiger partial charge on any atom is -0.481 e. The molecule has 0 aliphatic rings. The van der Waals surface area contributed by atoms with Gasteiger partial charge in [-0.2, -0.15) is 0 Å². The molecule has 2 aromatic carbocycles. The molecule has 0 saturated heterocycles. The third-order valence-corrected chi connectivity index (χ3v) is 3.55. The smallest absolute Gasteiger partial charge is 0.337 e. The molecule has 0 aliphatic carbocycles. The fraction of sp³-hybridized carbons (Fsp3) is 0.167. The molecule has 0 fully saturated rings. The summed E-state index contributed by atoms with van der Waals surface area (Å²) < 4.78 is 0. The molecule has 26 heavy (non-hydrogen) atoms. The lowest BCUT2D eigenvalue weighted by Crippen LogP contribution is -2.15. The van der Waals surface area contributed by atoms with Crippen LogP contribution in [0.4, 0.5) is 0 Å². The summed E-state index contributed by atoms with van der Waals surface area (Å²) in [5.74, 6) is -4.45. The number of halogens is 1. The lowest BCUT2D eigenvalue weighted by molar-refractivity contribution is -0.147. The van der Waals surface area contributed by atoms with Crippen LogP contribution in [-0.2, 0) is 14.4 Å². The molecule has 0 spiro atoms. The first-order valence-corrected chi connectivity index (χ1v) is 7.76. The van der Waals surface area contributed by atoms with E-state index in [1.54, 1.807) is 30.3 Å². The second-order valence-electron chi connectivity index (χ2n) is 5.19. The van der Waals surface area contributed by atoms with Crippen LogP contribution in [0.25, 0.3) is 0 Å². The van der Waals surface area contributed by atoms with Crippen LogP contribution in [0.3, 0.4) is 0 Å². The molecule has 2 aromatic rings. The number of carboxylic acids is 3. The molecule has 138 valence electrons. The molecule has 0 radical (unpaired) electrons. The van der Waals surface area contributed by atoms with Crippen LogP contribution in [0.1, 0.15) is 29.6 Å². The van der Waals surface area contributed by atoms with Gasteiger partial charge >= 0.3 is 17.9 Å². The fourth-order valence-electron chi connectivity index (χ4n) is 2.00. The summed E-state index contributed by atoms with van der Waals surface area (Å²) in [7, 11) is 0. The molecule has 0 saturated carbocycles. The van der Waals surface area contributed by atoms with E-state index in [0.717, 1.165) is 0 Å². The zero-order valence-electron chi connectivity index (χ0n) is 13.4. The Labute approximate surface area is 154 Å². The van der Waals surface area contributed by atoms with Crippen molar-refractivity contribution >= 4 is 29.5 Å². The van der Waals surface area contributed by atoms with Gasteiger partial charge in [-0.15, -0.1) is 0 Å². The zero-order valence-corrected chi connectivity index (χ0v) is 14.2. The molecule has 0 unspecified atom stereocenters. The van der Waals surface area contributed by atoms with E-state index < -0.39 is 29.9 Å². The summed E-state index contributed by atoms with van der Waals surface area (Å²) >= 11 is 5.57. The second-order valence-corrected chi connectivity index (χ2v) is 5.63. The van der Waals surface area contributed by atoms with Crippen molar-refractivity contribution in [1.29, 1.82) is 0 Å². The highest BCUT2D eigenvalue weighted by Gasteiger charge is 2.22. The van der Waals surface area contributed by atoms with Gasteiger partial charge in [-0.1, -0.05) is 54.1 Å². The van der Waals surface area contributed by atoms with E-state index >= 15 is 0 Å². The molecular formula is C18H17ClO7. The lowest BCUT2D eigenvalue weighted by Gasteiger charge is -2.09. The number of benzene rings is 2. The number of carbonyl (C=O) groups is 3. The summed E-state index contributed by atoms with van der Waals surface area (Å²) in [5.41, 5.74) is 0.842. The normalized spacial score (nSPS) is 12.2. The third kappa shape index (κ3) is 6.92. The Morgan fingerprint density at radius 3 is 1.77 bits per heavy atom. The van der Waals surface area contributed by atoms with Crippen LogP contribution in [0.2, 0.25) is 5.02 Å². The van der Waals surface area contributed by atoms with Crippen LogP contribution in [0.15, 0.2) is 54.6 Å². The van der Waals surface area contributed by atoms with Gasteiger partial charge < -0.3 is 20.4 Å². The molecular weight excluding hydrogens is 364 g/mol. The molecule has 0 aromatic heterocycles. The molecule has 2 atom stereocenters. The first kappa shape index (κ1) is 21.1. The molecule has 0 amide bonds. The van der Waals surface area contributed by atoms with E-state index in [-0.39, 0.29) is 6.42 Å². The van der Waals surface area contributed by atoms with Crippen molar-refractivity contribution in [3.63, 3.8) is 0 Å². The molecule has 8 heteroatoms. The van der Waals surface area contributed by atoms with Crippen molar-refractivity contribution in [2.24, 2.45) is 0 Å². The van der Waals surface area contributed by atoms with Gasteiger partial charge in [-0.05, 0) is 23.3 Å². The SMILES string of the molecule is O=C(O)C[C@H](C(=O)O)c1ccccc1.O=C(O)[C@@H](O)c1ccc(Cl)cc1. The van der Waals surface area contributed by atoms with Crippen molar-refractivity contribution in [2.45, 2.75) is 18.4 Å². The summed E-state index contributed by atoms with van der Waals surface area (Å²) in [6, 6.07) is 14.4. The van der Waals surface area contributed by atoms with E-state index in [9.17, 15) is 14.4 Å². The average molecular weight is 381 g/mol. The third-order valence-electron chi connectivity index (χ3n) is 3.30. The minimum absolute atomic E-state index is 0.326. The second kappa shape index (κ2) is 10.2. The lowest BCUT2D eigenvalue weighted by atomic mass is 9.96. The zero-order chi connectivity index (χ0) is 19.7. The van der Waals surface area contributed by atoms with Crippen molar-refractivity contribution < 1.29 is 34.8 Å². The standard InChI is InChI=1S/C10H10O4.C8H7ClO3/c11-9(12)6-8(10(13)14)7-4-2-1-3-5-7;9-6-3-1-5(2-4-6)7(10)8(11)12/h1-5,8H,6H2,(H,11,12)(H,13,14);1-4,7,10H,(H,11,12)/t8-;7-/m00/s1. The summed E-state index contributed by atoms with van der Waals surface area (Å²) in [5, 5.41) is 35.3.